The molecule has 2 aliphatic heterocycles. The maximum atomic E-state index is 13.3. The van der Waals surface area contributed by atoms with Crippen molar-refractivity contribution in [2.24, 2.45) is 5.92 Å². The van der Waals surface area contributed by atoms with Gasteiger partial charge in [-0.2, -0.15) is 0 Å². The fraction of sp³-hybridized carbons (Fsp3) is 0.370. The summed E-state index contributed by atoms with van der Waals surface area (Å²) in [6.45, 7) is 7.02. The Morgan fingerprint density at radius 1 is 0.824 bits per heavy atom. The highest BCUT2D eigenvalue weighted by atomic mass is 16.5. The van der Waals surface area contributed by atoms with Gasteiger partial charge in [0.1, 0.15) is 5.75 Å². The number of para-hydroxylation sites is 2. The van der Waals surface area contributed by atoms with Gasteiger partial charge in [0, 0.05) is 63.3 Å². The second-order valence-electron chi connectivity index (χ2n) is 8.96. The van der Waals surface area contributed by atoms with E-state index in [1.165, 1.54) is 11.3 Å². The van der Waals surface area contributed by atoms with Crippen LogP contribution in [0.25, 0.3) is 0 Å². The summed E-state index contributed by atoms with van der Waals surface area (Å²) in [5, 5.41) is 0. The number of ether oxygens (including phenoxy) is 1. The third-order valence-electron chi connectivity index (χ3n) is 6.80. The van der Waals surface area contributed by atoms with Crippen LogP contribution < -0.4 is 14.5 Å². The number of nitrogens with zero attached hydrogens (tertiary/aromatic N) is 5. The molecule has 1 amide bonds. The lowest BCUT2D eigenvalue weighted by Crippen LogP contribution is -2.52. The van der Waals surface area contributed by atoms with E-state index in [-0.39, 0.29) is 5.92 Å². The van der Waals surface area contributed by atoms with Gasteiger partial charge in [0.2, 0.25) is 5.91 Å². The van der Waals surface area contributed by atoms with E-state index in [1.807, 2.05) is 30.3 Å². The average Bonchev–Trinajstić information content (AvgIpc) is 2.90. The van der Waals surface area contributed by atoms with Gasteiger partial charge < -0.3 is 19.4 Å². The van der Waals surface area contributed by atoms with Crippen LogP contribution in [0.4, 0.5) is 11.5 Å². The summed E-state index contributed by atoms with van der Waals surface area (Å²) in [5.41, 5.74) is 2.56. The highest BCUT2D eigenvalue weighted by molar-refractivity contribution is 5.79. The summed E-state index contributed by atoms with van der Waals surface area (Å²) < 4.78 is 5.99. The topological polar surface area (TPSA) is 61.8 Å². The molecule has 0 unspecified atom stereocenters. The zero-order valence-corrected chi connectivity index (χ0v) is 19.6. The SMILES string of the molecule is Cc1ccccc1N1CCN(C(=O)C2CCN(c3nccnc3Oc3ccccc3)CC2)CC1. The highest BCUT2D eigenvalue weighted by Gasteiger charge is 2.32. The Labute approximate surface area is 201 Å². The summed E-state index contributed by atoms with van der Waals surface area (Å²) in [5.74, 6) is 2.34. The van der Waals surface area contributed by atoms with Crippen LogP contribution in [-0.4, -0.2) is 60.0 Å². The van der Waals surface area contributed by atoms with Crippen molar-refractivity contribution < 1.29 is 9.53 Å². The number of piperidine rings is 1. The van der Waals surface area contributed by atoms with Crippen molar-refractivity contribution in [3.05, 3.63) is 72.6 Å². The van der Waals surface area contributed by atoms with Crippen LogP contribution in [0.1, 0.15) is 18.4 Å². The number of aromatic nitrogens is 2. The maximum Gasteiger partial charge on any atom is 0.263 e. The van der Waals surface area contributed by atoms with Gasteiger partial charge in [0.05, 0.1) is 0 Å². The molecule has 1 aromatic heterocycles. The van der Waals surface area contributed by atoms with E-state index in [0.29, 0.717) is 11.8 Å². The molecule has 2 aromatic carbocycles. The summed E-state index contributed by atoms with van der Waals surface area (Å²) in [6.07, 6.45) is 4.98. The molecule has 2 saturated heterocycles. The van der Waals surface area contributed by atoms with Gasteiger partial charge in [0.15, 0.2) is 5.82 Å². The number of carbonyl (C=O) groups is 1. The first-order valence-corrected chi connectivity index (χ1v) is 12.1. The van der Waals surface area contributed by atoms with Crippen LogP contribution in [0.3, 0.4) is 0 Å². The third kappa shape index (κ3) is 4.83. The molecule has 0 saturated carbocycles. The molecular weight excluding hydrogens is 426 g/mol. The second kappa shape index (κ2) is 10.1. The minimum Gasteiger partial charge on any atom is -0.436 e. The molecule has 0 atom stereocenters. The molecule has 2 fully saturated rings. The minimum atomic E-state index is 0.0661. The Balaban J connectivity index is 1.16. The summed E-state index contributed by atoms with van der Waals surface area (Å²) in [6, 6.07) is 18.1. The van der Waals surface area contributed by atoms with E-state index in [2.05, 4.69) is 55.9 Å². The number of hydrogen-bond donors (Lipinski definition) is 0. The summed E-state index contributed by atoms with van der Waals surface area (Å²) >= 11 is 0. The molecule has 34 heavy (non-hydrogen) atoms. The van der Waals surface area contributed by atoms with Gasteiger partial charge in [-0.05, 0) is 43.5 Å². The number of aryl methyl sites for hydroxylation is 1. The second-order valence-corrected chi connectivity index (χ2v) is 8.96. The minimum absolute atomic E-state index is 0.0661. The van der Waals surface area contributed by atoms with Crippen LogP contribution in [0, 0.1) is 12.8 Å². The lowest BCUT2D eigenvalue weighted by Gasteiger charge is -2.40. The van der Waals surface area contributed by atoms with Crippen molar-refractivity contribution in [1.82, 2.24) is 14.9 Å². The molecule has 0 radical (unpaired) electrons. The number of carbonyl (C=O) groups excluding carboxylic acids is 1. The zero-order valence-electron chi connectivity index (χ0n) is 19.6. The molecule has 176 valence electrons. The molecule has 0 spiro atoms. The Bertz CT molecular complexity index is 1110. The first kappa shape index (κ1) is 22.2. The van der Waals surface area contributed by atoms with E-state index in [1.54, 1.807) is 12.4 Å². The van der Waals surface area contributed by atoms with Crippen LogP contribution in [0.2, 0.25) is 0 Å². The molecule has 7 heteroatoms. The van der Waals surface area contributed by atoms with Crippen molar-refractivity contribution >= 4 is 17.4 Å². The predicted molar refractivity (Wildman–Crippen MR) is 133 cm³/mol. The molecule has 5 rings (SSSR count). The normalized spacial score (nSPS) is 17.0. The highest BCUT2D eigenvalue weighted by Crippen LogP contribution is 2.31. The number of amides is 1. The van der Waals surface area contributed by atoms with Crippen LogP contribution in [-0.2, 0) is 4.79 Å². The molecular formula is C27H31N5O2. The van der Waals surface area contributed by atoms with Gasteiger partial charge in [-0.25, -0.2) is 9.97 Å². The predicted octanol–water partition coefficient (Wildman–Crippen LogP) is 4.14. The van der Waals surface area contributed by atoms with Crippen LogP contribution in [0.5, 0.6) is 11.6 Å². The van der Waals surface area contributed by atoms with Gasteiger partial charge in [-0.1, -0.05) is 36.4 Å². The van der Waals surface area contributed by atoms with E-state index in [4.69, 9.17) is 4.74 Å². The van der Waals surface area contributed by atoms with Crippen molar-refractivity contribution in [2.45, 2.75) is 19.8 Å². The Morgan fingerprint density at radius 3 is 2.24 bits per heavy atom. The Morgan fingerprint density at radius 2 is 1.50 bits per heavy atom. The maximum absolute atomic E-state index is 13.3. The van der Waals surface area contributed by atoms with Gasteiger partial charge in [-0.3, -0.25) is 4.79 Å². The number of piperazine rings is 1. The third-order valence-corrected chi connectivity index (χ3v) is 6.80. The lowest BCUT2D eigenvalue weighted by atomic mass is 9.95. The van der Waals surface area contributed by atoms with E-state index in [9.17, 15) is 4.79 Å². The molecule has 0 bridgehead atoms. The van der Waals surface area contributed by atoms with Crippen molar-refractivity contribution in [2.75, 3.05) is 49.1 Å². The zero-order chi connectivity index (χ0) is 23.3. The van der Waals surface area contributed by atoms with Crippen molar-refractivity contribution in [3.63, 3.8) is 0 Å². The molecule has 3 heterocycles. The molecule has 3 aromatic rings. The van der Waals surface area contributed by atoms with Crippen molar-refractivity contribution in [3.8, 4) is 11.6 Å². The van der Waals surface area contributed by atoms with E-state index >= 15 is 0 Å². The molecule has 0 aliphatic carbocycles. The number of hydrogen-bond acceptors (Lipinski definition) is 6. The van der Waals surface area contributed by atoms with E-state index in [0.717, 1.165) is 63.7 Å². The standard InChI is InChI=1S/C27H31N5O2/c1-21-7-5-6-10-24(21)30-17-19-32(20-18-30)27(33)22-11-15-31(16-12-22)25-26(29-14-13-28-25)34-23-8-3-2-4-9-23/h2-10,13-14,22H,11-12,15-20H2,1H3. The van der Waals surface area contributed by atoms with Crippen LogP contribution >= 0.6 is 0 Å². The molecule has 7 nitrogen and oxygen atoms in total. The molecule has 0 N–H and O–H groups in total. The lowest BCUT2D eigenvalue weighted by molar-refractivity contribution is -0.136. The molecule has 2 aliphatic rings. The van der Waals surface area contributed by atoms with E-state index < -0.39 is 0 Å². The number of anilines is 2. The number of rotatable bonds is 5. The average molecular weight is 458 g/mol. The largest absolute Gasteiger partial charge is 0.436 e. The number of benzene rings is 2. The summed E-state index contributed by atoms with van der Waals surface area (Å²) in [4.78, 5) is 28.8. The first-order valence-electron chi connectivity index (χ1n) is 12.1. The monoisotopic (exact) mass is 457 g/mol. The van der Waals surface area contributed by atoms with Crippen LogP contribution in [0.15, 0.2) is 67.0 Å². The summed E-state index contributed by atoms with van der Waals surface area (Å²) in [7, 11) is 0. The smallest absolute Gasteiger partial charge is 0.263 e. The first-order chi connectivity index (χ1) is 16.7. The Hall–Kier alpha value is -3.61. The van der Waals surface area contributed by atoms with Gasteiger partial charge >= 0.3 is 0 Å². The van der Waals surface area contributed by atoms with Crippen molar-refractivity contribution in [1.29, 1.82) is 0 Å². The fourth-order valence-corrected chi connectivity index (χ4v) is 4.89. The van der Waals surface area contributed by atoms with Gasteiger partial charge in [0.25, 0.3) is 5.88 Å². The van der Waals surface area contributed by atoms with Gasteiger partial charge in [-0.15, -0.1) is 0 Å². The fourth-order valence-electron chi connectivity index (χ4n) is 4.89. The Kier molecular flexibility index (Phi) is 6.60. The quantitative estimate of drug-likeness (QED) is 0.574.